The lowest BCUT2D eigenvalue weighted by Crippen LogP contribution is -2.37. The molecule has 2 N–H and O–H groups in total. The predicted octanol–water partition coefficient (Wildman–Crippen LogP) is 1.91. The Morgan fingerprint density at radius 3 is 3.19 bits per heavy atom. The highest BCUT2D eigenvalue weighted by atomic mass is 35.5. The average molecular weight is 240 g/mol. The molecule has 1 aromatic heterocycles. The van der Waals surface area contributed by atoms with Gasteiger partial charge in [0.1, 0.15) is 0 Å². The Morgan fingerprint density at radius 1 is 1.56 bits per heavy atom. The van der Waals surface area contributed by atoms with Crippen LogP contribution in [0.4, 0.5) is 0 Å². The zero-order chi connectivity index (χ0) is 11.4. The Kier molecular flexibility index (Phi) is 4.16. The van der Waals surface area contributed by atoms with Gasteiger partial charge in [-0.2, -0.15) is 0 Å². The number of hydrogen-bond donors (Lipinski definition) is 1. The molecule has 0 radical (unpaired) electrons. The van der Waals surface area contributed by atoms with Crippen molar-refractivity contribution >= 4 is 11.6 Å². The van der Waals surface area contributed by atoms with Crippen LogP contribution in [0, 0.1) is 5.92 Å². The Hall–Kier alpha value is -0.640. The van der Waals surface area contributed by atoms with E-state index >= 15 is 0 Å². The quantitative estimate of drug-likeness (QED) is 0.876. The molecule has 1 aromatic rings. The van der Waals surface area contributed by atoms with Gasteiger partial charge in [0.25, 0.3) is 0 Å². The lowest BCUT2D eigenvalue weighted by atomic mass is 9.98. The lowest BCUT2D eigenvalue weighted by Gasteiger charge is -2.32. The molecule has 88 valence electrons. The molecule has 0 saturated carbocycles. The number of hydrogen-bond acceptors (Lipinski definition) is 3. The monoisotopic (exact) mass is 239 g/mol. The van der Waals surface area contributed by atoms with Gasteiger partial charge in [0, 0.05) is 25.5 Å². The van der Waals surface area contributed by atoms with Crippen molar-refractivity contribution in [1.82, 2.24) is 9.88 Å². The van der Waals surface area contributed by atoms with Crippen LogP contribution in [0.25, 0.3) is 0 Å². The summed E-state index contributed by atoms with van der Waals surface area (Å²) >= 11 is 6.10. The van der Waals surface area contributed by atoms with E-state index in [2.05, 4.69) is 9.88 Å². The summed E-state index contributed by atoms with van der Waals surface area (Å²) < 4.78 is 0. The van der Waals surface area contributed by atoms with E-state index in [9.17, 15) is 0 Å². The smallest absolute Gasteiger partial charge is 0.0634 e. The molecular formula is C12H18ClN3. The van der Waals surface area contributed by atoms with Crippen LogP contribution in [0.2, 0.25) is 5.02 Å². The molecule has 1 atom stereocenters. The first-order chi connectivity index (χ1) is 7.79. The van der Waals surface area contributed by atoms with Crippen LogP contribution in [-0.4, -0.2) is 29.5 Å². The highest BCUT2D eigenvalue weighted by molar-refractivity contribution is 6.31. The second kappa shape index (κ2) is 5.62. The maximum Gasteiger partial charge on any atom is 0.0634 e. The third-order valence-corrected chi connectivity index (χ3v) is 3.53. The van der Waals surface area contributed by atoms with Crippen molar-refractivity contribution in [2.45, 2.75) is 19.4 Å². The molecule has 0 aliphatic carbocycles. The normalized spacial score (nSPS) is 22.2. The van der Waals surface area contributed by atoms with E-state index in [0.29, 0.717) is 5.92 Å². The van der Waals surface area contributed by atoms with Crippen molar-refractivity contribution < 1.29 is 0 Å². The largest absolute Gasteiger partial charge is 0.330 e. The van der Waals surface area contributed by atoms with Gasteiger partial charge in [0.2, 0.25) is 0 Å². The minimum absolute atomic E-state index is 0.648. The van der Waals surface area contributed by atoms with E-state index in [1.807, 2.05) is 6.07 Å². The fraction of sp³-hybridized carbons (Fsp3) is 0.583. The lowest BCUT2D eigenvalue weighted by molar-refractivity contribution is 0.171. The molecule has 0 spiro atoms. The van der Waals surface area contributed by atoms with Gasteiger partial charge >= 0.3 is 0 Å². The molecule has 0 amide bonds. The van der Waals surface area contributed by atoms with E-state index in [4.69, 9.17) is 17.3 Å². The van der Waals surface area contributed by atoms with Crippen molar-refractivity contribution in [3.8, 4) is 0 Å². The predicted molar refractivity (Wildman–Crippen MR) is 66.3 cm³/mol. The highest BCUT2D eigenvalue weighted by Crippen LogP contribution is 2.20. The molecule has 3 nitrogen and oxygen atoms in total. The van der Waals surface area contributed by atoms with Crippen LogP contribution in [0.1, 0.15) is 18.4 Å². The third-order valence-electron chi connectivity index (χ3n) is 3.19. The van der Waals surface area contributed by atoms with Gasteiger partial charge in [-0.15, -0.1) is 0 Å². The van der Waals surface area contributed by atoms with E-state index in [1.165, 1.54) is 12.8 Å². The fourth-order valence-corrected chi connectivity index (χ4v) is 2.44. The molecule has 2 rings (SSSR count). The van der Waals surface area contributed by atoms with E-state index < -0.39 is 0 Å². The Balaban J connectivity index is 1.97. The number of aromatic nitrogens is 1. The van der Waals surface area contributed by atoms with Crippen LogP contribution >= 0.6 is 11.6 Å². The Morgan fingerprint density at radius 2 is 2.44 bits per heavy atom. The van der Waals surface area contributed by atoms with Gasteiger partial charge in [-0.25, -0.2) is 0 Å². The molecule has 2 heterocycles. The number of rotatable bonds is 3. The SMILES string of the molecule is NCC1CCCN(Cc2ccncc2Cl)C1. The zero-order valence-corrected chi connectivity index (χ0v) is 10.2. The Labute approximate surface area is 102 Å². The van der Waals surface area contributed by atoms with Gasteiger partial charge in [0.05, 0.1) is 5.02 Å². The summed E-state index contributed by atoms with van der Waals surface area (Å²) in [6.45, 7) is 3.95. The van der Waals surface area contributed by atoms with Gasteiger partial charge in [-0.3, -0.25) is 9.88 Å². The van der Waals surface area contributed by atoms with Gasteiger partial charge in [0.15, 0.2) is 0 Å². The van der Waals surface area contributed by atoms with Gasteiger partial charge in [-0.05, 0) is 43.5 Å². The minimum atomic E-state index is 0.648. The summed E-state index contributed by atoms with van der Waals surface area (Å²) in [5.74, 6) is 0.648. The maximum atomic E-state index is 6.10. The number of halogens is 1. The number of pyridine rings is 1. The van der Waals surface area contributed by atoms with E-state index in [-0.39, 0.29) is 0 Å². The molecule has 0 aromatic carbocycles. The topological polar surface area (TPSA) is 42.1 Å². The summed E-state index contributed by atoms with van der Waals surface area (Å²) in [4.78, 5) is 6.43. The molecule has 1 aliphatic rings. The number of nitrogens with zero attached hydrogens (tertiary/aromatic N) is 2. The van der Waals surface area contributed by atoms with E-state index in [1.54, 1.807) is 12.4 Å². The second-order valence-corrected chi connectivity index (χ2v) is 4.85. The van der Waals surface area contributed by atoms with Crippen LogP contribution < -0.4 is 5.73 Å². The van der Waals surface area contributed by atoms with Crippen molar-refractivity contribution in [3.05, 3.63) is 29.0 Å². The zero-order valence-electron chi connectivity index (χ0n) is 9.40. The minimum Gasteiger partial charge on any atom is -0.330 e. The first-order valence-corrected chi connectivity index (χ1v) is 6.18. The standard InChI is InChI=1S/C12H18ClN3/c13-12-7-15-4-3-11(12)9-16-5-1-2-10(6-14)8-16/h3-4,7,10H,1-2,5-6,8-9,14H2. The summed E-state index contributed by atoms with van der Waals surface area (Å²) in [6.07, 6.45) is 6.01. The molecule has 0 bridgehead atoms. The maximum absolute atomic E-state index is 6.10. The summed E-state index contributed by atoms with van der Waals surface area (Å²) in [7, 11) is 0. The molecule has 1 unspecified atom stereocenters. The molecule has 1 saturated heterocycles. The Bertz CT molecular complexity index is 343. The van der Waals surface area contributed by atoms with Crippen LogP contribution in [0.5, 0.6) is 0 Å². The molecule has 4 heteroatoms. The van der Waals surface area contributed by atoms with Gasteiger partial charge in [-0.1, -0.05) is 11.6 Å². The number of piperidine rings is 1. The fourth-order valence-electron chi connectivity index (χ4n) is 2.26. The number of nitrogens with two attached hydrogens (primary N) is 1. The molecule has 1 fully saturated rings. The van der Waals surface area contributed by atoms with Crippen LogP contribution in [0.3, 0.4) is 0 Å². The molecule has 1 aliphatic heterocycles. The summed E-state index contributed by atoms with van der Waals surface area (Å²) in [5, 5.41) is 0.761. The second-order valence-electron chi connectivity index (χ2n) is 4.45. The third kappa shape index (κ3) is 2.94. The van der Waals surface area contributed by atoms with Crippen molar-refractivity contribution in [1.29, 1.82) is 0 Å². The van der Waals surface area contributed by atoms with E-state index in [0.717, 1.165) is 36.8 Å². The molecular weight excluding hydrogens is 222 g/mol. The first kappa shape index (κ1) is 11.8. The molecule has 16 heavy (non-hydrogen) atoms. The summed E-state index contributed by atoms with van der Waals surface area (Å²) in [6, 6.07) is 1.99. The number of likely N-dealkylation sites (tertiary alicyclic amines) is 1. The van der Waals surface area contributed by atoms with Crippen molar-refractivity contribution in [3.63, 3.8) is 0 Å². The van der Waals surface area contributed by atoms with Gasteiger partial charge < -0.3 is 5.73 Å². The summed E-state index contributed by atoms with van der Waals surface area (Å²) in [5.41, 5.74) is 6.89. The van der Waals surface area contributed by atoms with Crippen LogP contribution in [0.15, 0.2) is 18.5 Å². The first-order valence-electron chi connectivity index (χ1n) is 5.80. The van der Waals surface area contributed by atoms with Crippen molar-refractivity contribution in [2.75, 3.05) is 19.6 Å². The average Bonchev–Trinajstić information content (AvgIpc) is 2.32. The highest BCUT2D eigenvalue weighted by Gasteiger charge is 2.19. The van der Waals surface area contributed by atoms with Crippen molar-refractivity contribution in [2.24, 2.45) is 11.7 Å². The van der Waals surface area contributed by atoms with Crippen LogP contribution in [-0.2, 0) is 6.54 Å².